The zero-order valence-electron chi connectivity index (χ0n) is 13.2. The fourth-order valence-corrected chi connectivity index (χ4v) is 2.69. The number of piperidine rings is 1. The van der Waals surface area contributed by atoms with Crippen LogP contribution < -0.4 is 5.32 Å². The van der Waals surface area contributed by atoms with E-state index in [9.17, 15) is 4.79 Å². The number of amides is 2. The van der Waals surface area contributed by atoms with Crippen LogP contribution in [0, 0.1) is 11.8 Å². The van der Waals surface area contributed by atoms with Crippen LogP contribution >= 0.6 is 0 Å². The van der Waals surface area contributed by atoms with E-state index in [1.54, 1.807) is 13.3 Å². The Morgan fingerprint density at radius 3 is 3.05 bits per heavy atom. The summed E-state index contributed by atoms with van der Waals surface area (Å²) in [5.74, 6) is 0.855. The molecule has 0 bridgehead atoms. The molecule has 21 heavy (non-hydrogen) atoms. The number of aromatic nitrogens is 2. The van der Waals surface area contributed by atoms with Gasteiger partial charge in [0.2, 0.25) is 0 Å². The van der Waals surface area contributed by atoms with Gasteiger partial charge in [-0.05, 0) is 24.3 Å². The standard InChI is InChI=1S/C15H26N4O2/c1-12(10-19-7-4-6-17-19)9-16-15(20)18-8-5-13(2)14(11-18)21-3/h4,6-7,12-14H,5,8-11H2,1-3H3,(H,16,20)/t12-,13-,14+/m0/s1. The number of likely N-dealkylation sites (tertiary alicyclic amines) is 1. The van der Waals surface area contributed by atoms with Gasteiger partial charge in [-0.1, -0.05) is 13.8 Å². The van der Waals surface area contributed by atoms with Crippen LogP contribution in [0.5, 0.6) is 0 Å². The first kappa shape index (κ1) is 15.8. The molecule has 2 rings (SSSR count). The average Bonchev–Trinajstić information content (AvgIpc) is 2.98. The van der Waals surface area contributed by atoms with Gasteiger partial charge in [-0.15, -0.1) is 0 Å². The molecule has 1 aromatic rings. The molecule has 1 aliphatic rings. The van der Waals surface area contributed by atoms with Crippen molar-refractivity contribution in [2.45, 2.75) is 32.9 Å². The lowest BCUT2D eigenvalue weighted by atomic mass is 9.96. The first-order chi connectivity index (χ1) is 10.1. The van der Waals surface area contributed by atoms with Crippen LogP contribution in [0.2, 0.25) is 0 Å². The van der Waals surface area contributed by atoms with Gasteiger partial charge in [0.25, 0.3) is 0 Å². The highest BCUT2D eigenvalue weighted by Gasteiger charge is 2.28. The van der Waals surface area contributed by atoms with Gasteiger partial charge in [0.05, 0.1) is 6.10 Å². The fraction of sp³-hybridized carbons (Fsp3) is 0.733. The summed E-state index contributed by atoms with van der Waals surface area (Å²) in [6.45, 7) is 7.23. The molecule has 1 aliphatic heterocycles. The molecule has 0 aromatic carbocycles. The summed E-state index contributed by atoms with van der Waals surface area (Å²) in [4.78, 5) is 14.1. The lowest BCUT2D eigenvalue weighted by Crippen LogP contribution is -2.50. The van der Waals surface area contributed by atoms with Crippen LogP contribution in [0.3, 0.4) is 0 Å². The molecular formula is C15H26N4O2. The van der Waals surface area contributed by atoms with E-state index in [-0.39, 0.29) is 12.1 Å². The molecule has 2 amide bonds. The molecule has 1 N–H and O–H groups in total. The van der Waals surface area contributed by atoms with Gasteiger partial charge in [-0.25, -0.2) is 4.79 Å². The second-order valence-electron chi connectivity index (χ2n) is 6.01. The minimum Gasteiger partial charge on any atom is -0.379 e. The van der Waals surface area contributed by atoms with E-state index in [1.807, 2.05) is 21.8 Å². The third-order valence-corrected chi connectivity index (χ3v) is 4.14. The molecule has 0 unspecified atom stereocenters. The minimum absolute atomic E-state index is 0.0104. The van der Waals surface area contributed by atoms with E-state index in [2.05, 4.69) is 24.3 Å². The van der Waals surface area contributed by atoms with E-state index in [0.29, 0.717) is 24.9 Å². The Kier molecular flexibility index (Phi) is 5.61. The number of rotatable bonds is 5. The Balaban J connectivity index is 1.74. The molecule has 0 spiro atoms. The van der Waals surface area contributed by atoms with Gasteiger partial charge >= 0.3 is 6.03 Å². The van der Waals surface area contributed by atoms with Crippen molar-refractivity contribution in [2.24, 2.45) is 11.8 Å². The predicted octanol–water partition coefficient (Wildman–Crippen LogP) is 1.59. The van der Waals surface area contributed by atoms with Crippen LogP contribution in [0.25, 0.3) is 0 Å². The number of nitrogens with one attached hydrogen (secondary N) is 1. The van der Waals surface area contributed by atoms with Gasteiger partial charge in [0, 0.05) is 45.7 Å². The van der Waals surface area contributed by atoms with E-state index in [1.165, 1.54) is 0 Å². The lowest BCUT2D eigenvalue weighted by molar-refractivity contribution is 0.00709. The predicted molar refractivity (Wildman–Crippen MR) is 80.9 cm³/mol. The van der Waals surface area contributed by atoms with E-state index in [0.717, 1.165) is 19.5 Å². The number of urea groups is 1. The number of methoxy groups -OCH3 is 1. The Morgan fingerprint density at radius 1 is 1.57 bits per heavy atom. The zero-order chi connectivity index (χ0) is 15.2. The molecule has 2 heterocycles. The molecule has 1 aromatic heterocycles. The number of hydrogen-bond acceptors (Lipinski definition) is 3. The highest BCUT2D eigenvalue weighted by molar-refractivity contribution is 5.74. The van der Waals surface area contributed by atoms with Crippen LogP contribution in [0.1, 0.15) is 20.3 Å². The van der Waals surface area contributed by atoms with Crippen LogP contribution in [0.4, 0.5) is 4.79 Å². The maximum Gasteiger partial charge on any atom is 0.317 e. The van der Waals surface area contributed by atoms with Gasteiger partial charge in [-0.2, -0.15) is 5.10 Å². The second kappa shape index (κ2) is 7.45. The SMILES string of the molecule is CO[C@@H]1CN(C(=O)NC[C@H](C)Cn2cccn2)CC[C@@H]1C. The van der Waals surface area contributed by atoms with Crippen LogP contribution in [-0.4, -0.2) is 53.6 Å². The maximum absolute atomic E-state index is 12.2. The fourth-order valence-electron chi connectivity index (χ4n) is 2.69. The molecule has 3 atom stereocenters. The third kappa shape index (κ3) is 4.46. The highest BCUT2D eigenvalue weighted by atomic mass is 16.5. The van der Waals surface area contributed by atoms with E-state index in [4.69, 9.17) is 4.74 Å². The summed E-state index contributed by atoms with van der Waals surface area (Å²) in [7, 11) is 1.72. The Labute approximate surface area is 126 Å². The Hall–Kier alpha value is -1.56. The van der Waals surface area contributed by atoms with E-state index >= 15 is 0 Å². The van der Waals surface area contributed by atoms with Crippen molar-refractivity contribution in [1.29, 1.82) is 0 Å². The van der Waals surface area contributed by atoms with Crippen molar-refractivity contribution in [1.82, 2.24) is 20.0 Å². The van der Waals surface area contributed by atoms with Crippen molar-refractivity contribution in [3.8, 4) is 0 Å². The van der Waals surface area contributed by atoms with Crippen molar-refractivity contribution in [3.63, 3.8) is 0 Å². The Bertz CT molecular complexity index is 435. The summed E-state index contributed by atoms with van der Waals surface area (Å²) in [5, 5.41) is 7.19. The summed E-state index contributed by atoms with van der Waals surface area (Å²) in [6, 6.07) is 1.92. The zero-order valence-corrected chi connectivity index (χ0v) is 13.2. The molecule has 0 radical (unpaired) electrons. The molecule has 0 aliphatic carbocycles. The summed E-state index contributed by atoms with van der Waals surface area (Å²) in [5.41, 5.74) is 0. The largest absolute Gasteiger partial charge is 0.379 e. The number of carbonyl (C=O) groups excluding carboxylic acids is 1. The maximum atomic E-state index is 12.2. The molecule has 1 fully saturated rings. The summed E-state index contributed by atoms with van der Waals surface area (Å²) < 4.78 is 7.34. The van der Waals surface area contributed by atoms with Crippen molar-refractivity contribution in [2.75, 3.05) is 26.7 Å². The molecular weight excluding hydrogens is 268 g/mol. The average molecular weight is 294 g/mol. The molecule has 6 nitrogen and oxygen atoms in total. The number of carbonyl (C=O) groups is 1. The minimum atomic E-state index is 0.0104. The second-order valence-corrected chi connectivity index (χ2v) is 6.01. The number of ether oxygens (including phenoxy) is 1. The number of hydrogen-bond donors (Lipinski definition) is 1. The Morgan fingerprint density at radius 2 is 2.38 bits per heavy atom. The molecule has 0 saturated carbocycles. The summed E-state index contributed by atoms with van der Waals surface area (Å²) >= 11 is 0. The van der Waals surface area contributed by atoms with Crippen molar-refractivity contribution >= 4 is 6.03 Å². The lowest BCUT2D eigenvalue weighted by Gasteiger charge is -2.36. The van der Waals surface area contributed by atoms with Gasteiger partial charge in [0.15, 0.2) is 0 Å². The molecule has 6 heteroatoms. The molecule has 1 saturated heterocycles. The molecule has 118 valence electrons. The van der Waals surface area contributed by atoms with Crippen molar-refractivity contribution in [3.05, 3.63) is 18.5 Å². The van der Waals surface area contributed by atoms with Crippen molar-refractivity contribution < 1.29 is 9.53 Å². The highest BCUT2D eigenvalue weighted by Crippen LogP contribution is 2.19. The van der Waals surface area contributed by atoms with E-state index < -0.39 is 0 Å². The smallest absolute Gasteiger partial charge is 0.317 e. The quantitative estimate of drug-likeness (QED) is 0.897. The third-order valence-electron chi connectivity index (χ3n) is 4.14. The number of nitrogens with zero attached hydrogens (tertiary/aromatic N) is 3. The van der Waals surface area contributed by atoms with Crippen LogP contribution in [0.15, 0.2) is 18.5 Å². The topological polar surface area (TPSA) is 59.4 Å². The summed E-state index contributed by atoms with van der Waals surface area (Å²) in [6.07, 6.45) is 4.85. The first-order valence-electron chi connectivity index (χ1n) is 7.63. The normalized spacial score (nSPS) is 23.9. The van der Waals surface area contributed by atoms with Gasteiger partial charge < -0.3 is 15.0 Å². The van der Waals surface area contributed by atoms with Gasteiger partial charge in [0.1, 0.15) is 0 Å². The monoisotopic (exact) mass is 294 g/mol. The van der Waals surface area contributed by atoms with Crippen LogP contribution in [-0.2, 0) is 11.3 Å². The first-order valence-corrected chi connectivity index (χ1v) is 7.63. The van der Waals surface area contributed by atoms with Gasteiger partial charge in [-0.3, -0.25) is 4.68 Å².